The van der Waals surface area contributed by atoms with Crippen molar-refractivity contribution < 1.29 is 19.7 Å². The molecule has 18 heavy (non-hydrogen) atoms. The van der Waals surface area contributed by atoms with Gasteiger partial charge in [0.05, 0.1) is 31.5 Å². The largest absolute Gasteiger partial charge is 0.477 e. The second-order valence-corrected chi connectivity index (χ2v) is 4.05. The van der Waals surface area contributed by atoms with Crippen molar-refractivity contribution in [2.24, 2.45) is 0 Å². The molecule has 6 heteroatoms. The number of nitrogens with one attached hydrogen (secondary N) is 2. The first kappa shape index (κ1) is 12.7. The summed E-state index contributed by atoms with van der Waals surface area (Å²) in [6.07, 6.45) is -0.666. The van der Waals surface area contributed by atoms with Crippen LogP contribution in [0, 0.1) is 0 Å². The van der Waals surface area contributed by atoms with Gasteiger partial charge in [0.15, 0.2) is 6.10 Å². The number of aliphatic hydroxyl groups excluding tert-OH is 2. The zero-order chi connectivity index (χ0) is 13.0. The number of aliphatic hydroxyl groups is 2. The molecule has 0 bridgehead atoms. The van der Waals surface area contributed by atoms with Crippen LogP contribution in [0.15, 0.2) is 24.3 Å². The highest BCUT2D eigenvalue weighted by atomic mass is 16.5. The number of amides is 1. The topological polar surface area (TPSA) is 90.8 Å². The van der Waals surface area contributed by atoms with E-state index in [-0.39, 0.29) is 19.1 Å². The summed E-state index contributed by atoms with van der Waals surface area (Å²) >= 11 is 0. The summed E-state index contributed by atoms with van der Waals surface area (Å²) in [5.74, 6) is 0.263. The Labute approximate surface area is 105 Å². The van der Waals surface area contributed by atoms with E-state index in [1.165, 1.54) is 0 Å². The fourth-order valence-corrected chi connectivity index (χ4v) is 1.70. The highest BCUT2D eigenvalue weighted by Gasteiger charge is 2.26. The normalized spacial score (nSPS) is 17.6. The van der Waals surface area contributed by atoms with Crippen LogP contribution >= 0.6 is 0 Å². The van der Waals surface area contributed by atoms with Crippen molar-refractivity contribution in [3.63, 3.8) is 0 Å². The summed E-state index contributed by atoms with van der Waals surface area (Å²) < 4.78 is 5.55. The Morgan fingerprint density at radius 1 is 1.44 bits per heavy atom. The maximum absolute atomic E-state index is 11.8. The van der Waals surface area contributed by atoms with Crippen molar-refractivity contribution in [3.05, 3.63) is 24.3 Å². The molecule has 2 rings (SSSR count). The van der Waals surface area contributed by atoms with Crippen LogP contribution in [0.4, 0.5) is 5.69 Å². The Hall–Kier alpha value is -1.79. The maximum Gasteiger partial charge on any atom is 0.263 e. The number of fused-ring (bicyclic) bond motifs is 1. The molecule has 6 nitrogen and oxygen atoms in total. The predicted octanol–water partition coefficient (Wildman–Crippen LogP) is -0.671. The minimum absolute atomic E-state index is 0.307. The quantitative estimate of drug-likeness (QED) is 0.570. The summed E-state index contributed by atoms with van der Waals surface area (Å²) in [5.41, 5.74) is 0.849. The molecule has 0 saturated carbocycles. The van der Waals surface area contributed by atoms with Crippen molar-refractivity contribution in [2.75, 3.05) is 25.1 Å². The van der Waals surface area contributed by atoms with Crippen LogP contribution in [0.2, 0.25) is 0 Å². The van der Waals surface area contributed by atoms with Crippen LogP contribution in [0.25, 0.3) is 0 Å². The monoisotopic (exact) mass is 252 g/mol. The van der Waals surface area contributed by atoms with E-state index in [0.717, 1.165) is 5.69 Å². The van der Waals surface area contributed by atoms with Crippen LogP contribution in [0.1, 0.15) is 0 Å². The molecule has 1 aromatic rings. The number of carbonyl (C=O) groups is 1. The molecule has 0 saturated heterocycles. The van der Waals surface area contributed by atoms with E-state index in [0.29, 0.717) is 12.3 Å². The molecule has 0 aromatic heterocycles. The van der Waals surface area contributed by atoms with Gasteiger partial charge >= 0.3 is 0 Å². The summed E-state index contributed by atoms with van der Waals surface area (Å²) in [7, 11) is 0. The molecule has 1 unspecified atom stereocenters. The summed E-state index contributed by atoms with van der Waals surface area (Å²) in [4.78, 5) is 11.8. The Bertz CT molecular complexity index is 420. The van der Waals surface area contributed by atoms with E-state index in [1.54, 1.807) is 6.07 Å². The summed E-state index contributed by atoms with van der Waals surface area (Å²) in [6.45, 7) is -0.260. The number of anilines is 1. The second-order valence-electron chi connectivity index (χ2n) is 4.05. The van der Waals surface area contributed by atoms with Gasteiger partial charge in [-0.15, -0.1) is 0 Å². The number of carbonyl (C=O) groups excluding carboxylic acids is 1. The van der Waals surface area contributed by atoms with E-state index in [1.807, 2.05) is 18.2 Å². The van der Waals surface area contributed by atoms with Crippen molar-refractivity contribution in [3.8, 4) is 5.75 Å². The molecule has 1 atom stereocenters. The molecule has 0 fully saturated rings. The minimum atomic E-state index is -0.666. The number of ether oxygens (including phenoxy) is 1. The molecule has 1 aliphatic heterocycles. The van der Waals surface area contributed by atoms with Crippen LogP contribution in [0.5, 0.6) is 5.75 Å². The SMILES string of the molecule is O=C(NC(CO)CO)C1CNc2ccccc2O1. The standard InChI is InChI=1S/C12H16N2O4/c15-6-8(7-16)14-12(17)11-5-13-9-3-1-2-4-10(9)18-11/h1-4,8,11,13,15-16H,5-7H2,(H,14,17). The average molecular weight is 252 g/mol. The number of hydrogen-bond acceptors (Lipinski definition) is 5. The predicted molar refractivity (Wildman–Crippen MR) is 65.5 cm³/mol. The zero-order valence-corrected chi connectivity index (χ0v) is 9.80. The van der Waals surface area contributed by atoms with E-state index in [9.17, 15) is 4.79 Å². The van der Waals surface area contributed by atoms with Crippen LogP contribution < -0.4 is 15.4 Å². The van der Waals surface area contributed by atoms with E-state index in [2.05, 4.69) is 10.6 Å². The average Bonchev–Trinajstić information content (AvgIpc) is 2.44. The number of para-hydroxylation sites is 2. The highest BCUT2D eigenvalue weighted by Crippen LogP contribution is 2.28. The maximum atomic E-state index is 11.8. The van der Waals surface area contributed by atoms with Crippen molar-refractivity contribution in [1.82, 2.24) is 5.32 Å². The summed E-state index contributed by atoms with van der Waals surface area (Å²) in [6, 6.07) is 6.69. The molecule has 1 aromatic carbocycles. The van der Waals surface area contributed by atoms with Crippen LogP contribution in [-0.4, -0.2) is 48.0 Å². The lowest BCUT2D eigenvalue weighted by Crippen LogP contribution is -2.50. The lowest BCUT2D eigenvalue weighted by Gasteiger charge is -2.27. The van der Waals surface area contributed by atoms with Gasteiger partial charge in [-0.2, -0.15) is 0 Å². The highest BCUT2D eigenvalue weighted by molar-refractivity contribution is 5.83. The third-order valence-electron chi connectivity index (χ3n) is 2.71. The van der Waals surface area contributed by atoms with Crippen molar-refractivity contribution in [2.45, 2.75) is 12.1 Å². The van der Waals surface area contributed by atoms with Gasteiger partial charge in [0, 0.05) is 0 Å². The second kappa shape index (κ2) is 5.70. The molecular formula is C12H16N2O4. The molecule has 0 aliphatic carbocycles. The van der Waals surface area contributed by atoms with Gasteiger partial charge in [-0.3, -0.25) is 4.79 Å². The van der Waals surface area contributed by atoms with Gasteiger partial charge in [-0.1, -0.05) is 12.1 Å². The number of rotatable bonds is 4. The molecule has 1 aliphatic rings. The molecule has 98 valence electrons. The van der Waals surface area contributed by atoms with E-state index < -0.39 is 12.1 Å². The Morgan fingerprint density at radius 3 is 2.89 bits per heavy atom. The Morgan fingerprint density at radius 2 is 2.17 bits per heavy atom. The first-order chi connectivity index (χ1) is 8.74. The lowest BCUT2D eigenvalue weighted by molar-refractivity contribution is -0.129. The molecule has 0 spiro atoms. The van der Waals surface area contributed by atoms with Gasteiger partial charge in [0.25, 0.3) is 5.91 Å². The van der Waals surface area contributed by atoms with Gasteiger partial charge < -0.3 is 25.6 Å². The van der Waals surface area contributed by atoms with E-state index in [4.69, 9.17) is 14.9 Å². The fraction of sp³-hybridized carbons (Fsp3) is 0.417. The Balaban J connectivity index is 1.98. The first-order valence-corrected chi connectivity index (χ1v) is 5.76. The number of benzene rings is 1. The molecule has 1 amide bonds. The molecular weight excluding hydrogens is 236 g/mol. The van der Waals surface area contributed by atoms with Crippen molar-refractivity contribution >= 4 is 11.6 Å². The smallest absolute Gasteiger partial charge is 0.263 e. The third-order valence-corrected chi connectivity index (χ3v) is 2.71. The number of hydrogen-bond donors (Lipinski definition) is 4. The minimum Gasteiger partial charge on any atom is -0.477 e. The zero-order valence-electron chi connectivity index (χ0n) is 9.80. The fourth-order valence-electron chi connectivity index (χ4n) is 1.70. The third kappa shape index (κ3) is 2.72. The lowest BCUT2D eigenvalue weighted by atomic mass is 10.2. The molecule has 0 radical (unpaired) electrons. The van der Waals surface area contributed by atoms with Crippen molar-refractivity contribution in [1.29, 1.82) is 0 Å². The van der Waals surface area contributed by atoms with E-state index >= 15 is 0 Å². The van der Waals surface area contributed by atoms with Gasteiger partial charge in [-0.05, 0) is 12.1 Å². The van der Waals surface area contributed by atoms with Crippen LogP contribution in [-0.2, 0) is 4.79 Å². The summed E-state index contributed by atoms with van der Waals surface area (Å²) in [5, 5.41) is 23.4. The first-order valence-electron chi connectivity index (χ1n) is 5.76. The van der Waals surface area contributed by atoms with Crippen LogP contribution in [0.3, 0.4) is 0 Å². The van der Waals surface area contributed by atoms with Gasteiger partial charge in [0.1, 0.15) is 5.75 Å². The molecule has 1 heterocycles. The van der Waals surface area contributed by atoms with Gasteiger partial charge in [-0.25, -0.2) is 0 Å². The molecule has 4 N–H and O–H groups in total. The Kier molecular flexibility index (Phi) is 4.01. The van der Waals surface area contributed by atoms with Gasteiger partial charge in [0.2, 0.25) is 0 Å².